The monoisotopic (exact) mass is 314 g/mol. The molecule has 7 heteroatoms. The second-order valence-corrected chi connectivity index (χ2v) is 5.65. The van der Waals surface area contributed by atoms with Crippen LogP contribution >= 0.6 is 0 Å². The highest BCUT2D eigenvalue weighted by atomic mass is 16.6. The number of amides is 2. The van der Waals surface area contributed by atoms with Gasteiger partial charge in [-0.05, 0) is 37.0 Å². The highest BCUT2D eigenvalue weighted by molar-refractivity contribution is 5.89. The second-order valence-electron chi connectivity index (χ2n) is 5.65. The van der Waals surface area contributed by atoms with Crippen LogP contribution in [0, 0.1) is 0 Å². The minimum atomic E-state index is -0.267. The van der Waals surface area contributed by atoms with Gasteiger partial charge in [0.15, 0.2) is 11.5 Å². The van der Waals surface area contributed by atoms with Crippen LogP contribution in [-0.2, 0) is 19.4 Å². The van der Waals surface area contributed by atoms with Gasteiger partial charge in [-0.2, -0.15) is 5.10 Å². The van der Waals surface area contributed by atoms with Crippen molar-refractivity contribution >= 4 is 11.7 Å². The van der Waals surface area contributed by atoms with Crippen molar-refractivity contribution in [1.82, 2.24) is 15.5 Å². The molecule has 0 saturated carbocycles. The number of carbonyl (C=O) groups excluding carboxylic acids is 1. The fraction of sp³-hybridized carbons (Fsp3) is 0.375. The van der Waals surface area contributed by atoms with Crippen LogP contribution in [0.25, 0.3) is 0 Å². The number of anilines is 1. The number of benzene rings is 1. The van der Waals surface area contributed by atoms with E-state index in [-0.39, 0.29) is 6.03 Å². The number of ether oxygens (including phenoxy) is 2. The number of H-pyrrole nitrogens is 1. The largest absolute Gasteiger partial charge is 0.486 e. The smallest absolute Gasteiger partial charge is 0.319 e. The first kappa shape index (κ1) is 13.9. The molecule has 1 aliphatic carbocycles. The van der Waals surface area contributed by atoms with Crippen molar-refractivity contribution < 1.29 is 14.3 Å². The average Bonchev–Trinajstić information content (AvgIpc) is 3.16. The molecule has 3 N–H and O–H groups in total. The van der Waals surface area contributed by atoms with E-state index in [4.69, 9.17) is 9.47 Å². The summed E-state index contributed by atoms with van der Waals surface area (Å²) < 4.78 is 11.0. The minimum absolute atomic E-state index is 0.267. The van der Waals surface area contributed by atoms with Crippen LogP contribution in [-0.4, -0.2) is 29.4 Å². The molecular formula is C16H18N4O3. The Morgan fingerprint density at radius 3 is 3.00 bits per heavy atom. The Labute approximate surface area is 133 Å². The van der Waals surface area contributed by atoms with Gasteiger partial charge in [-0.1, -0.05) is 0 Å². The van der Waals surface area contributed by atoms with Crippen LogP contribution in [0.2, 0.25) is 0 Å². The predicted octanol–water partition coefficient (Wildman–Crippen LogP) is 1.99. The number of hydrogen-bond donors (Lipinski definition) is 3. The van der Waals surface area contributed by atoms with Crippen molar-refractivity contribution in [3.05, 3.63) is 35.2 Å². The lowest BCUT2D eigenvalue weighted by Gasteiger charge is -2.19. The van der Waals surface area contributed by atoms with E-state index in [1.807, 2.05) is 0 Å². The molecule has 0 unspecified atom stereocenters. The molecule has 1 aromatic heterocycles. The van der Waals surface area contributed by atoms with E-state index in [9.17, 15) is 4.79 Å². The van der Waals surface area contributed by atoms with Crippen LogP contribution in [0.1, 0.15) is 23.4 Å². The zero-order valence-corrected chi connectivity index (χ0v) is 12.6. The maximum absolute atomic E-state index is 12.0. The molecule has 0 bridgehead atoms. The van der Waals surface area contributed by atoms with Gasteiger partial charge in [0.2, 0.25) is 0 Å². The maximum Gasteiger partial charge on any atom is 0.319 e. The van der Waals surface area contributed by atoms with E-state index >= 15 is 0 Å². The summed E-state index contributed by atoms with van der Waals surface area (Å²) in [5, 5.41) is 12.9. The van der Waals surface area contributed by atoms with Crippen molar-refractivity contribution in [1.29, 1.82) is 0 Å². The van der Waals surface area contributed by atoms with Gasteiger partial charge in [0.05, 0.1) is 12.2 Å². The van der Waals surface area contributed by atoms with Gasteiger partial charge in [0, 0.05) is 17.4 Å². The number of nitrogens with one attached hydrogen (secondary N) is 3. The van der Waals surface area contributed by atoms with Crippen molar-refractivity contribution in [2.75, 3.05) is 18.5 Å². The maximum atomic E-state index is 12.0. The first-order valence-corrected chi connectivity index (χ1v) is 7.79. The van der Waals surface area contributed by atoms with Crippen LogP contribution in [0.3, 0.4) is 0 Å². The number of aryl methyl sites for hydroxylation is 1. The number of carbonyl (C=O) groups is 1. The number of aromatic nitrogens is 2. The fourth-order valence-electron chi connectivity index (χ4n) is 2.99. The van der Waals surface area contributed by atoms with Crippen LogP contribution < -0.4 is 20.1 Å². The number of hydrogen-bond acceptors (Lipinski definition) is 4. The van der Waals surface area contributed by atoms with Crippen molar-refractivity contribution in [3.8, 4) is 11.5 Å². The zero-order chi connectivity index (χ0) is 15.6. The average molecular weight is 314 g/mol. The number of nitrogens with zero attached hydrogens (tertiary/aromatic N) is 1. The molecule has 23 heavy (non-hydrogen) atoms. The molecule has 0 atom stereocenters. The Morgan fingerprint density at radius 2 is 2.09 bits per heavy atom. The topological polar surface area (TPSA) is 88.3 Å². The lowest BCUT2D eigenvalue weighted by atomic mass is 10.2. The van der Waals surface area contributed by atoms with Gasteiger partial charge in [0.25, 0.3) is 0 Å². The standard InChI is InChI=1S/C16H18N4O3/c21-16(17-9-13-11-2-1-3-12(11)19-20-13)18-10-4-5-14-15(8-10)23-7-6-22-14/h4-5,8H,1-3,6-7,9H2,(H,19,20)(H2,17,18,21). The first-order chi connectivity index (χ1) is 11.3. The first-order valence-electron chi connectivity index (χ1n) is 7.79. The number of aromatic amines is 1. The summed E-state index contributed by atoms with van der Waals surface area (Å²) in [6.07, 6.45) is 3.23. The SMILES string of the molecule is O=C(NCc1n[nH]c2c1CCC2)Nc1ccc2c(c1)OCCO2. The molecule has 1 aliphatic heterocycles. The molecule has 2 aromatic rings. The number of urea groups is 1. The van der Waals surface area contributed by atoms with Crippen LogP contribution in [0.5, 0.6) is 11.5 Å². The number of rotatable bonds is 3. The fourth-order valence-corrected chi connectivity index (χ4v) is 2.99. The summed E-state index contributed by atoms with van der Waals surface area (Å²) in [6.45, 7) is 1.49. The molecule has 0 saturated heterocycles. The van der Waals surface area contributed by atoms with E-state index in [0.717, 1.165) is 25.0 Å². The Hall–Kier alpha value is -2.70. The van der Waals surface area contributed by atoms with Crippen molar-refractivity contribution in [2.24, 2.45) is 0 Å². The van der Waals surface area contributed by atoms with Gasteiger partial charge < -0.3 is 20.1 Å². The highest BCUT2D eigenvalue weighted by Gasteiger charge is 2.18. The van der Waals surface area contributed by atoms with Crippen molar-refractivity contribution in [2.45, 2.75) is 25.8 Å². The van der Waals surface area contributed by atoms with Gasteiger partial charge in [0.1, 0.15) is 13.2 Å². The summed E-state index contributed by atoms with van der Waals surface area (Å²) in [6, 6.07) is 5.08. The third-order valence-corrected chi connectivity index (χ3v) is 4.11. The van der Waals surface area contributed by atoms with E-state index in [1.165, 1.54) is 11.3 Å². The molecule has 7 nitrogen and oxygen atoms in total. The predicted molar refractivity (Wildman–Crippen MR) is 83.9 cm³/mol. The van der Waals surface area contributed by atoms with Crippen LogP contribution in [0.4, 0.5) is 10.5 Å². The summed E-state index contributed by atoms with van der Waals surface area (Å²) in [5.41, 5.74) is 4.05. The molecule has 4 rings (SSSR count). The molecule has 2 aliphatic rings. The van der Waals surface area contributed by atoms with E-state index in [2.05, 4.69) is 20.8 Å². The molecule has 2 amide bonds. The highest BCUT2D eigenvalue weighted by Crippen LogP contribution is 2.32. The molecule has 2 heterocycles. The molecule has 1 aromatic carbocycles. The Balaban J connectivity index is 1.36. The van der Waals surface area contributed by atoms with Gasteiger partial charge in [-0.3, -0.25) is 5.10 Å². The van der Waals surface area contributed by atoms with E-state index in [1.54, 1.807) is 18.2 Å². The summed E-state index contributed by atoms with van der Waals surface area (Å²) in [5.74, 6) is 1.36. The lowest BCUT2D eigenvalue weighted by Crippen LogP contribution is -2.28. The van der Waals surface area contributed by atoms with E-state index < -0.39 is 0 Å². The lowest BCUT2D eigenvalue weighted by molar-refractivity contribution is 0.171. The van der Waals surface area contributed by atoms with E-state index in [0.29, 0.717) is 36.9 Å². The second kappa shape index (κ2) is 5.83. The van der Waals surface area contributed by atoms with Gasteiger partial charge >= 0.3 is 6.03 Å². The molecule has 0 fully saturated rings. The third-order valence-electron chi connectivity index (χ3n) is 4.11. The van der Waals surface area contributed by atoms with Gasteiger partial charge in [-0.25, -0.2) is 4.79 Å². The normalized spacial score (nSPS) is 15.1. The quantitative estimate of drug-likeness (QED) is 0.808. The number of fused-ring (bicyclic) bond motifs is 2. The summed E-state index contributed by atoms with van der Waals surface area (Å²) >= 11 is 0. The third kappa shape index (κ3) is 2.81. The summed E-state index contributed by atoms with van der Waals surface area (Å²) in [7, 11) is 0. The molecule has 120 valence electrons. The Bertz CT molecular complexity index is 741. The summed E-state index contributed by atoms with van der Waals surface area (Å²) in [4.78, 5) is 12.0. The minimum Gasteiger partial charge on any atom is -0.486 e. The Morgan fingerprint density at radius 1 is 1.22 bits per heavy atom. The van der Waals surface area contributed by atoms with Crippen molar-refractivity contribution in [3.63, 3.8) is 0 Å². The Kier molecular flexibility index (Phi) is 3.53. The van der Waals surface area contributed by atoms with Crippen LogP contribution in [0.15, 0.2) is 18.2 Å². The van der Waals surface area contributed by atoms with Gasteiger partial charge in [-0.15, -0.1) is 0 Å². The molecular weight excluding hydrogens is 296 g/mol. The molecule has 0 radical (unpaired) electrons. The zero-order valence-electron chi connectivity index (χ0n) is 12.6. The molecule has 0 spiro atoms.